The Labute approximate surface area is 201 Å². The minimum Gasteiger partial charge on any atom is -0.497 e. The van der Waals surface area contributed by atoms with Gasteiger partial charge in [0, 0.05) is 6.04 Å². The molecule has 8 heteroatoms. The van der Waals surface area contributed by atoms with Crippen molar-refractivity contribution in [2.24, 2.45) is 0 Å². The summed E-state index contributed by atoms with van der Waals surface area (Å²) >= 11 is 3.10. The topological polar surface area (TPSA) is 69.0 Å². The van der Waals surface area contributed by atoms with Gasteiger partial charge in [0.2, 0.25) is 5.91 Å². The number of nitrogens with one attached hydrogen (secondary N) is 1. The third-order valence-electron chi connectivity index (χ3n) is 5.54. The van der Waals surface area contributed by atoms with E-state index in [1.165, 1.54) is 11.8 Å². The Morgan fingerprint density at radius 2 is 1.85 bits per heavy atom. The molecule has 6 nitrogen and oxygen atoms in total. The lowest BCUT2D eigenvalue weighted by Gasteiger charge is -2.20. The van der Waals surface area contributed by atoms with Crippen LogP contribution >= 0.6 is 23.1 Å². The van der Waals surface area contributed by atoms with Crippen LogP contribution in [-0.4, -0.2) is 33.5 Å². The quantitative estimate of drug-likeness (QED) is 0.330. The van der Waals surface area contributed by atoms with E-state index in [9.17, 15) is 4.79 Å². The first-order valence-electron chi connectivity index (χ1n) is 10.8. The summed E-state index contributed by atoms with van der Waals surface area (Å²) in [5, 5.41) is 14.9. The van der Waals surface area contributed by atoms with Gasteiger partial charge in [-0.3, -0.25) is 9.36 Å². The van der Waals surface area contributed by atoms with E-state index >= 15 is 0 Å². The molecule has 1 saturated carbocycles. The van der Waals surface area contributed by atoms with Crippen LogP contribution in [-0.2, 0) is 4.79 Å². The molecule has 2 heterocycles. The van der Waals surface area contributed by atoms with E-state index in [4.69, 9.17) is 4.74 Å². The molecule has 1 atom stereocenters. The average molecular weight is 477 g/mol. The first kappa shape index (κ1) is 21.7. The fourth-order valence-corrected chi connectivity index (χ4v) is 5.27. The standard InChI is InChI=1S/C25H24N4O2S2/c1-31-20-13-9-18(10-14-20)23(17-6-3-2-4-7-17)26-22(30)16-33-25-28-27-24(21-8-5-15-32-21)29(25)19-11-12-19/h2-10,13-15,19,23H,11-12,16H2,1H3,(H,26,30). The first-order chi connectivity index (χ1) is 16.2. The molecule has 4 aromatic rings. The van der Waals surface area contributed by atoms with E-state index in [0.29, 0.717) is 6.04 Å². The number of thiophene rings is 1. The molecule has 0 bridgehead atoms. The van der Waals surface area contributed by atoms with Gasteiger partial charge < -0.3 is 10.1 Å². The number of thioether (sulfide) groups is 1. The third-order valence-corrected chi connectivity index (χ3v) is 7.35. The molecule has 0 aliphatic heterocycles. The molecule has 1 unspecified atom stereocenters. The third kappa shape index (κ3) is 4.96. The summed E-state index contributed by atoms with van der Waals surface area (Å²) in [6.45, 7) is 0. The molecule has 2 aromatic carbocycles. The van der Waals surface area contributed by atoms with E-state index in [-0.39, 0.29) is 17.7 Å². The Morgan fingerprint density at radius 1 is 1.09 bits per heavy atom. The maximum Gasteiger partial charge on any atom is 0.231 e. The molecule has 33 heavy (non-hydrogen) atoms. The second kappa shape index (κ2) is 9.80. The molecule has 1 fully saturated rings. The van der Waals surface area contributed by atoms with Crippen molar-refractivity contribution in [3.05, 3.63) is 83.2 Å². The Hall–Kier alpha value is -3.10. The van der Waals surface area contributed by atoms with Crippen LogP contribution in [0.15, 0.2) is 77.3 Å². The van der Waals surface area contributed by atoms with Gasteiger partial charge in [0.1, 0.15) is 5.75 Å². The first-order valence-corrected chi connectivity index (χ1v) is 12.7. The van der Waals surface area contributed by atoms with Crippen LogP contribution in [0.2, 0.25) is 0 Å². The summed E-state index contributed by atoms with van der Waals surface area (Å²) in [6.07, 6.45) is 2.26. The lowest BCUT2D eigenvalue weighted by atomic mass is 9.98. The fourth-order valence-electron chi connectivity index (χ4n) is 3.74. The molecule has 168 valence electrons. The number of carbonyl (C=O) groups excluding carboxylic acids is 1. The molecule has 1 aliphatic carbocycles. The SMILES string of the molecule is COc1ccc(C(NC(=O)CSc2nnc(-c3cccs3)n2C2CC2)c2ccccc2)cc1. The van der Waals surface area contributed by atoms with E-state index in [1.807, 2.05) is 66.0 Å². The van der Waals surface area contributed by atoms with Crippen LogP contribution in [0.4, 0.5) is 0 Å². The van der Waals surface area contributed by atoms with Gasteiger partial charge in [-0.2, -0.15) is 0 Å². The minimum absolute atomic E-state index is 0.0484. The number of benzene rings is 2. The zero-order chi connectivity index (χ0) is 22.6. The van der Waals surface area contributed by atoms with Crippen LogP contribution in [0.1, 0.15) is 36.1 Å². The van der Waals surface area contributed by atoms with Crippen LogP contribution < -0.4 is 10.1 Å². The van der Waals surface area contributed by atoms with Gasteiger partial charge in [0.25, 0.3) is 0 Å². The van der Waals surface area contributed by atoms with Crippen molar-refractivity contribution >= 4 is 29.0 Å². The Kier molecular flexibility index (Phi) is 6.46. The smallest absolute Gasteiger partial charge is 0.231 e. The van der Waals surface area contributed by atoms with E-state index in [1.54, 1.807) is 18.4 Å². The summed E-state index contributed by atoms with van der Waals surface area (Å²) < 4.78 is 7.48. The molecule has 1 aliphatic rings. The van der Waals surface area contributed by atoms with Crippen molar-refractivity contribution in [2.75, 3.05) is 12.9 Å². The molecular weight excluding hydrogens is 452 g/mol. The predicted octanol–water partition coefficient (Wildman–Crippen LogP) is 5.35. The van der Waals surface area contributed by atoms with Crippen molar-refractivity contribution in [3.63, 3.8) is 0 Å². The normalized spacial score (nSPS) is 14.1. The highest BCUT2D eigenvalue weighted by Crippen LogP contribution is 2.41. The number of amides is 1. The summed E-state index contributed by atoms with van der Waals surface area (Å²) in [4.78, 5) is 14.1. The van der Waals surface area contributed by atoms with Crippen LogP contribution in [0.3, 0.4) is 0 Å². The highest BCUT2D eigenvalue weighted by Gasteiger charge is 2.30. The van der Waals surface area contributed by atoms with E-state index in [2.05, 4.69) is 26.1 Å². The zero-order valence-corrected chi connectivity index (χ0v) is 19.8. The van der Waals surface area contributed by atoms with Crippen molar-refractivity contribution < 1.29 is 9.53 Å². The number of ether oxygens (including phenoxy) is 1. The lowest BCUT2D eigenvalue weighted by molar-refractivity contribution is -0.119. The Bertz CT molecular complexity index is 1200. The number of hydrogen-bond donors (Lipinski definition) is 1. The summed E-state index contributed by atoms with van der Waals surface area (Å²) in [6, 6.07) is 22.1. The van der Waals surface area contributed by atoms with Gasteiger partial charge >= 0.3 is 0 Å². The molecule has 0 spiro atoms. The van der Waals surface area contributed by atoms with Gasteiger partial charge in [0.15, 0.2) is 11.0 Å². The molecular formula is C25H24N4O2S2. The highest BCUT2D eigenvalue weighted by atomic mass is 32.2. The van der Waals surface area contributed by atoms with E-state index in [0.717, 1.165) is 45.6 Å². The second-order valence-corrected chi connectivity index (χ2v) is 9.75. The Balaban J connectivity index is 1.32. The minimum atomic E-state index is -0.242. The predicted molar refractivity (Wildman–Crippen MR) is 132 cm³/mol. The van der Waals surface area contributed by atoms with Gasteiger partial charge in [-0.1, -0.05) is 60.3 Å². The molecule has 2 aromatic heterocycles. The molecule has 5 rings (SSSR count). The second-order valence-electron chi connectivity index (χ2n) is 7.86. The number of hydrogen-bond acceptors (Lipinski definition) is 6. The lowest BCUT2D eigenvalue weighted by Crippen LogP contribution is -2.30. The molecule has 0 radical (unpaired) electrons. The molecule has 1 amide bonds. The van der Waals surface area contributed by atoms with Crippen molar-refractivity contribution in [1.82, 2.24) is 20.1 Å². The van der Waals surface area contributed by atoms with Crippen molar-refractivity contribution in [2.45, 2.75) is 30.1 Å². The number of methoxy groups -OCH3 is 1. The summed E-state index contributed by atoms with van der Waals surface area (Å²) in [5.41, 5.74) is 2.03. The molecule has 1 N–H and O–H groups in total. The van der Waals surface area contributed by atoms with Crippen LogP contribution in [0.25, 0.3) is 10.7 Å². The maximum atomic E-state index is 13.0. The average Bonchev–Trinajstić information content (AvgIpc) is 3.37. The van der Waals surface area contributed by atoms with Gasteiger partial charge in [-0.25, -0.2) is 0 Å². The van der Waals surface area contributed by atoms with Crippen molar-refractivity contribution in [1.29, 1.82) is 0 Å². The number of rotatable bonds is 9. The fraction of sp³-hybridized carbons (Fsp3) is 0.240. The number of carbonyl (C=O) groups is 1. The largest absolute Gasteiger partial charge is 0.497 e. The number of nitrogens with zero attached hydrogens (tertiary/aromatic N) is 3. The Morgan fingerprint density at radius 3 is 2.52 bits per heavy atom. The van der Waals surface area contributed by atoms with Crippen LogP contribution in [0.5, 0.6) is 5.75 Å². The maximum absolute atomic E-state index is 13.0. The van der Waals surface area contributed by atoms with Crippen molar-refractivity contribution in [3.8, 4) is 16.5 Å². The highest BCUT2D eigenvalue weighted by molar-refractivity contribution is 7.99. The monoisotopic (exact) mass is 476 g/mol. The van der Waals surface area contributed by atoms with Gasteiger partial charge in [-0.05, 0) is 47.5 Å². The summed E-state index contributed by atoms with van der Waals surface area (Å²) in [7, 11) is 1.65. The number of aromatic nitrogens is 3. The van der Waals surface area contributed by atoms with Gasteiger partial charge in [-0.15, -0.1) is 21.5 Å². The van der Waals surface area contributed by atoms with E-state index < -0.39 is 0 Å². The van der Waals surface area contributed by atoms with Gasteiger partial charge in [0.05, 0.1) is 23.8 Å². The summed E-state index contributed by atoms with van der Waals surface area (Å²) in [5.74, 6) is 1.91. The molecule has 0 saturated heterocycles. The van der Waals surface area contributed by atoms with Crippen LogP contribution in [0, 0.1) is 0 Å². The zero-order valence-electron chi connectivity index (χ0n) is 18.2.